The molecule has 11 heteroatoms. The first kappa shape index (κ1) is 28.6. The van der Waals surface area contributed by atoms with E-state index in [9.17, 15) is 22.8 Å². The number of amides is 1. The van der Waals surface area contributed by atoms with Crippen molar-refractivity contribution in [3.63, 3.8) is 0 Å². The molecule has 1 aliphatic rings. The number of rotatable bonds is 8. The van der Waals surface area contributed by atoms with E-state index in [4.69, 9.17) is 9.47 Å². The molecule has 0 radical (unpaired) electrons. The van der Waals surface area contributed by atoms with Crippen molar-refractivity contribution in [1.29, 1.82) is 0 Å². The van der Waals surface area contributed by atoms with Crippen molar-refractivity contribution in [2.75, 3.05) is 16.8 Å². The Bertz CT molecular complexity index is 1350. The number of hydrogen-bond donors (Lipinski definition) is 1. The molecule has 0 saturated heterocycles. The SMILES string of the molecule is CCOC(=O)N1c2ccc(C(F)(F)F)cc2[C@@H](Nc2ncc(/C=C\C(=O)OCc3ccccc3)cn2)C[C@H]1CC. The molecule has 2 heterocycles. The lowest BCUT2D eigenvalue weighted by molar-refractivity contribution is -0.139. The molecular weight excluding hydrogens is 525 g/mol. The lowest BCUT2D eigenvalue weighted by Crippen LogP contribution is -2.46. The molecule has 4 rings (SSSR count). The van der Waals surface area contributed by atoms with Crippen LogP contribution < -0.4 is 10.2 Å². The van der Waals surface area contributed by atoms with E-state index in [-0.39, 0.29) is 25.2 Å². The van der Waals surface area contributed by atoms with Crippen LogP contribution in [0.5, 0.6) is 0 Å². The Labute approximate surface area is 229 Å². The van der Waals surface area contributed by atoms with Gasteiger partial charge in [-0.25, -0.2) is 19.6 Å². The first-order chi connectivity index (χ1) is 19.2. The highest BCUT2D eigenvalue weighted by Crippen LogP contribution is 2.43. The maximum Gasteiger partial charge on any atom is 0.416 e. The van der Waals surface area contributed by atoms with Gasteiger partial charge in [0, 0.05) is 30.1 Å². The smallest absolute Gasteiger partial charge is 0.416 e. The topological polar surface area (TPSA) is 93.7 Å². The third-order valence-corrected chi connectivity index (χ3v) is 6.41. The maximum absolute atomic E-state index is 13.6. The first-order valence-electron chi connectivity index (χ1n) is 12.8. The molecule has 1 aromatic heterocycles. The summed E-state index contributed by atoms with van der Waals surface area (Å²) in [5, 5.41) is 3.12. The second kappa shape index (κ2) is 12.6. The minimum absolute atomic E-state index is 0.142. The van der Waals surface area contributed by atoms with Crippen LogP contribution in [-0.2, 0) is 27.1 Å². The molecule has 0 fully saturated rings. The number of esters is 1. The first-order valence-corrected chi connectivity index (χ1v) is 12.8. The molecule has 1 aliphatic heterocycles. The molecule has 8 nitrogen and oxygen atoms in total. The van der Waals surface area contributed by atoms with Gasteiger partial charge in [-0.2, -0.15) is 13.2 Å². The second-order valence-corrected chi connectivity index (χ2v) is 9.10. The van der Waals surface area contributed by atoms with Gasteiger partial charge in [0.25, 0.3) is 0 Å². The van der Waals surface area contributed by atoms with Crippen molar-refractivity contribution < 1.29 is 32.2 Å². The number of aromatic nitrogens is 2. The van der Waals surface area contributed by atoms with Gasteiger partial charge in [-0.05, 0) is 55.2 Å². The molecular formula is C29H29F3N4O4. The van der Waals surface area contributed by atoms with Crippen molar-refractivity contribution in [1.82, 2.24) is 9.97 Å². The van der Waals surface area contributed by atoms with E-state index in [1.54, 1.807) is 6.92 Å². The summed E-state index contributed by atoms with van der Waals surface area (Å²) in [7, 11) is 0. The average Bonchev–Trinajstić information content (AvgIpc) is 2.95. The fourth-order valence-electron chi connectivity index (χ4n) is 4.45. The molecule has 0 unspecified atom stereocenters. The molecule has 0 aliphatic carbocycles. The summed E-state index contributed by atoms with van der Waals surface area (Å²) >= 11 is 0. The predicted octanol–water partition coefficient (Wildman–Crippen LogP) is 6.55. The van der Waals surface area contributed by atoms with Gasteiger partial charge >= 0.3 is 18.2 Å². The maximum atomic E-state index is 13.6. The number of halogens is 3. The van der Waals surface area contributed by atoms with Gasteiger partial charge in [0.1, 0.15) is 6.61 Å². The molecule has 40 heavy (non-hydrogen) atoms. The summed E-state index contributed by atoms with van der Waals surface area (Å²) in [5.41, 5.74) is 1.21. The van der Waals surface area contributed by atoms with E-state index in [1.807, 2.05) is 37.3 Å². The lowest BCUT2D eigenvalue weighted by atomic mass is 9.89. The number of ether oxygens (including phenoxy) is 2. The monoisotopic (exact) mass is 554 g/mol. The zero-order valence-electron chi connectivity index (χ0n) is 22.0. The van der Waals surface area contributed by atoms with Crippen LogP contribution >= 0.6 is 0 Å². The summed E-state index contributed by atoms with van der Waals surface area (Å²) in [6.45, 7) is 3.85. The fourth-order valence-corrected chi connectivity index (χ4v) is 4.45. The van der Waals surface area contributed by atoms with Crippen LogP contribution in [0.15, 0.2) is 67.0 Å². The van der Waals surface area contributed by atoms with E-state index in [2.05, 4.69) is 15.3 Å². The van der Waals surface area contributed by atoms with Crippen LogP contribution in [0.1, 0.15) is 55.0 Å². The molecule has 210 valence electrons. The zero-order chi connectivity index (χ0) is 28.7. The molecule has 0 spiro atoms. The molecule has 2 atom stereocenters. The minimum atomic E-state index is -4.55. The predicted molar refractivity (Wildman–Crippen MR) is 143 cm³/mol. The highest BCUT2D eigenvalue weighted by Gasteiger charge is 2.39. The Hall–Kier alpha value is -4.41. The molecule has 0 saturated carbocycles. The largest absolute Gasteiger partial charge is 0.458 e. The van der Waals surface area contributed by atoms with Gasteiger partial charge in [-0.15, -0.1) is 0 Å². The van der Waals surface area contributed by atoms with Crippen LogP contribution in [0, 0.1) is 0 Å². The Balaban J connectivity index is 1.50. The number of nitrogens with zero attached hydrogens (tertiary/aromatic N) is 3. The number of carbonyl (C=O) groups is 2. The molecule has 0 bridgehead atoms. The van der Waals surface area contributed by atoms with Gasteiger partial charge in [0.2, 0.25) is 5.95 Å². The van der Waals surface area contributed by atoms with Crippen LogP contribution in [0.3, 0.4) is 0 Å². The fraction of sp³-hybridized carbons (Fsp3) is 0.310. The Morgan fingerprint density at radius 1 is 1.07 bits per heavy atom. The average molecular weight is 555 g/mol. The number of hydrogen-bond acceptors (Lipinski definition) is 7. The Kier molecular flexibility index (Phi) is 9.03. The summed E-state index contributed by atoms with van der Waals surface area (Å²) in [6, 6.07) is 11.7. The summed E-state index contributed by atoms with van der Waals surface area (Å²) in [5.74, 6) is -0.335. The third-order valence-electron chi connectivity index (χ3n) is 6.41. The van der Waals surface area contributed by atoms with E-state index in [0.717, 1.165) is 17.7 Å². The summed E-state index contributed by atoms with van der Waals surface area (Å²) < 4.78 is 51.0. The number of carbonyl (C=O) groups excluding carboxylic acids is 2. The van der Waals surface area contributed by atoms with Gasteiger partial charge in [0.15, 0.2) is 0 Å². The van der Waals surface area contributed by atoms with Crippen LogP contribution in [0.2, 0.25) is 0 Å². The van der Waals surface area contributed by atoms with Crippen molar-refractivity contribution in [3.8, 4) is 0 Å². The quantitative estimate of drug-likeness (QED) is 0.249. The van der Waals surface area contributed by atoms with Crippen LogP contribution in [-0.4, -0.2) is 34.7 Å². The van der Waals surface area contributed by atoms with Gasteiger partial charge < -0.3 is 14.8 Å². The van der Waals surface area contributed by atoms with Gasteiger partial charge in [-0.3, -0.25) is 4.90 Å². The van der Waals surface area contributed by atoms with Crippen molar-refractivity contribution >= 4 is 29.8 Å². The molecule has 1 amide bonds. The van der Waals surface area contributed by atoms with E-state index < -0.39 is 29.8 Å². The lowest BCUT2D eigenvalue weighted by Gasteiger charge is -2.40. The van der Waals surface area contributed by atoms with Crippen molar-refractivity contribution in [3.05, 3.63) is 89.3 Å². The molecule has 2 aromatic carbocycles. The number of anilines is 2. The van der Waals surface area contributed by atoms with Gasteiger partial charge in [-0.1, -0.05) is 37.3 Å². The van der Waals surface area contributed by atoms with E-state index in [0.29, 0.717) is 29.7 Å². The molecule has 1 N–H and O–H groups in total. The molecule has 3 aromatic rings. The second-order valence-electron chi connectivity index (χ2n) is 9.10. The minimum Gasteiger partial charge on any atom is -0.458 e. The Morgan fingerprint density at radius 3 is 2.45 bits per heavy atom. The summed E-state index contributed by atoms with van der Waals surface area (Å²) in [6.07, 6.45) is 1.45. The van der Waals surface area contributed by atoms with E-state index in [1.165, 1.54) is 35.5 Å². The standard InChI is InChI=1S/C29H29F3N4O4/c1-3-22-15-24(23-14-21(29(30,31)32)11-12-25(23)36(22)28(38)39-4-2)35-27-33-16-20(17-34-27)10-13-26(37)40-18-19-8-6-5-7-9-19/h5-14,16-17,22,24H,3-4,15,18H2,1-2H3,(H,33,34,35)/b13-10-/t22-,24+/m1/s1. The number of nitrogens with one attached hydrogen (secondary N) is 1. The number of fused-ring (bicyclic) bond motifs is 1. The third kappa shape index (κ3) is 6.96. The van der Waals surface area contributed by atoms with Crippen LogP contribution in [0.25, 0.3) is 6.08 Å². The highest BCUT2D eigenvalue weighted by atomic mass is 19.4. The normalized spacial score (nSPS) is 16.9. The number of alkyl halides is 3. The van der Waals surface area contributed by atoms with Gasteiger partial charge in [0.05, 0.1) is 23.9 Å². The van der Waals surface area contributed by atoms with E-state index >= 15 is 0 Å². The van der Waals surface area contributed by atoms with Crippen molar-refractivity contribution in [2.24, 2.45) is 0 Å². The number of benzene rings is 2. The zero-order valence-corrected chi connectivity index (χ0v) is 22.0. The summed E-state index contributed by atoms with van der Waals surface area (Å²) in [4.78, 5) is 34.7. The highest BCUT2D eigenvalue weighted by molar-refractivity contribution is 5.90. The Morgan fingerprint density at radius 2 is 1.80 bits per heavy atom. The van der Waals surface area contributed by atoms with Crippen molar-refractivity contribution in [2.45, 2.75) is 51.6 Å². The van der Waals surface area contributed by atoms with Crippen LogP contribution in [0.4, 0.5) is 29.6 Å².